The zero-order valence-corrected chi connectivity index (χ0v) is 9.74. The molecule has 0 aromatic heterocycles. The summed E-state index contributed by atoms with van der Waals surface area (Å²) in [6, 6.07) is 5.95. The number of fused-ring (bicyclic) bond motifs is 1. The van der Waals surface area contributed by atoms with Gasteiger partial charge in [-0.1, -0.05) is 12.1 Å². The van der Waals surface area contributed by atoms with Gasteiger partial charge >= 0.3 is 0 Å². The van der Waals surface area contributed by atoms with Crippen LogP contribution in [0.1, 0.15) is 36.8 Å². The summed E-state index contributed by atoms with van der Waals surface area (Å²) >= 11 is 0. The molecule has 0 bridgehead atoms. The number of aliphatic hydroxyl groups is 1. The van der Waals surface area contributed by atoms with Crippen LogP contribution in [0.2, 0.25) is 0 Å². The maximum absolute atomic E-state index is 11.2. The fraction of sp³-hybridized carbons (Fsp3) is 0.500. The Bertz CT molecular complexity index is 455. The third-order valence-electron chi connectivity index (χ3n) is 3.87. The first-order valence-corrected chi connectivity index (χ1v) is 6.18. The summed E-state index contributed by atoms with van der Waals surface area (Å²) in [5.74, 6) is 1.15. The SMILES string of the molecule is O=C1CCC(O)(c2ccc3c(c2)OCC3)CC1. The average molecular weight is 232 g/mol. The lowest BCUT2D eigenvalue weighted by Crippen LogP contribution is -2.31. The van der Waals surface area contributed by atoms with Gasteiger partial charge in [-0.25, -0.2) is 0 Å². The third-order valence-corrected chi connectivity index (χ3v) is 3.87. The van der Waals surface area contributed by atoms with Gasteiger partial charge < -0.3 is 9.84 Å². The molecule has 1 N–H and O–H groups in total. The van der Waals surface area contributed by atoms with E-state index in [1.807, 2.05) is 18.2 Å². The Morgan fingerprint density at radius 2 is 1.94 bits per heavy atom. The molecular weight excluding hydrogens is 216 g/mol. The predicted molar refractivity (Wildman–Crippen MR) is 63.0 cm³/mol. The molecule has 0 spiro atoms. The number of hydrogen-bond donors (Lipinski definition) is 1. The number of Topliss-reactive ketones (excluding diaryl/α,β-unsaturated/α-hetero) is 1. The first-order valence-electron chi connectivity index (χ1n) is 6.18. The van der Waals surface area contributed by atoms with Crippen molar-refractivity contribution >= 4 is 5.78 Å². The highest BCUT2D eigenvalue weighted by Crippen LogP contribution is 2.38. The molecule has 0 amide bonds. The van der Waals surface area contributed by atoms with Gasteiger partial charge in [-0.05, 0) is 30.0 Å². The van der Waals surface area contributed by atoms with Gasteiger partial charge in [0.05, 0.1) is 12.2 Å². The van der Waals surface area contributed by atoms with Crippen LogP contribution in [0.3, 0.4) is 0 Å². The highest BCUT2D eigenvalue weighted by molar-refractivity contribution is 5.79. The van der Waals surface area contributed by atoms with Crippen LogP contribution in [0.4, 0.5) is 0 Å². The Kier molecular flexibility index (Phi) is 2.44. The van der Waals surface area contributed by atoms with Crippen molar-refractivity contribution in [1.29, 1.82) is 0 Å². The molecule has 3 nitrogen and oxygen atoms in total. The number of benzene rings is 1. The van der Waals surface area contributed by atoms with Crippen LogP contribution in [-0.4, -0.2) is 17.5 Å². The van der Waals surface area contributed by atoms with Crippen molar-refractivity contribution in [2.45, 2.75) is 37.7 Å². The Balaban J connectivity index is 1.90. The van der Waals surface area contributed by atoms with E-state index in [-0.39, 0.29) is 5.78 Å². The Morgan fingerprint density at radius 3 is 2.71 bits per heavy atom. The Labute approximate surface area is 100 Å². The van der Waals surface area contributed by atoms with E-state index in [1.54, 1.807) is 0 Å². The largest absolute Gasteiger partial charge is 0.493 e. The lowest BCUT2D eigenvalue weighted by Gasteiger charge is -2.32. The molecule has 2 aliphatic rings. The predicted octanol–water partition coefficient (Wildman–Crippen LogP) is 1.95. The molecule has 1 aromatic carbocycles. The topological polar surface area (TPSA) is 46.5 Å². The van der Waals surface area contributed by atoms with Crippen LogP contribution in [-0.2, 0) is 16.8 Å². The molecule has 3 rings (SSSR count). The maximum Gasteiger partial charge on any atom is 0.133 e. The number of carbonyl (C=O) groups excluding carboxylic acids is 1. The van der Waals surface area contributed by atoms with Crippen LogP contribution >= 0.6 is 0 Å². The van der Waals surface area contributed by atoms with Crippen molar-refractivity contribution in [3.63, 3.8) is 0 Å². The molecule has 1 saturated carbocycles. The van der Waals surface area contributed by atoms with Crippen molar-refractivity contribution in [2.75, 3.05) is 6.61 Å². The summed E-state index contributed by atoms with van der Waals surface area (Å²) in [6.45, 7) is 0.732. The number of ether oxygens (including phenoxy) is 1. The van der Waals surface area contributed by atoms with E-state index in [9.17, 15) is 9.90 Å². The molecule has 0 radical (unpaired) electrons. The van der Waals surface area contributed by atoms with Crippen LogP contribution in [0, 0.1) is 0 Å². The van der Waals surface area contributed by atoms with Gasteiger partial charge in [0, 0.05) is 19.3 Å². The van der Waals surface area contributed by atoms with Gasteiger partial charge in [0.1, 0.15) is 11.5 Å². The van der Waals surface area contributed by atoms with E-state index < -0.39 is 5.60 Å². The van der Waals surface area contributed by atoms with E-state index in [4.69, 9.17) is 4.74 Å². The van der Waals surface area contributed by atoms with E-state index >= 15 is 0 Å². The first kappa shape index (κ1) is 10.8. The van der Waals surface area contributed by atoms with Gasteiger partial charge in [0.2, 0.25) is 0 Å². The van der Waals surface area contributed by atoms with E-state index in [1.165, 1.54) is 5.56 Å². The fourth-order valence-corrected chi connectivity index (χ4v) is 2.69. The van der Waals surface area contributed by atoms with E-state index in [0.717, 1.165) is 24.3 Å². The molecule has 0 atom stereocenters. The number of ketones is 1. The summed E-state index contributed by atoms with van der Waals surface area (Å²) in [7, 11) is 0. The van der Waals surface area contributed by atoms with E-state index in [0.29, 0.717) is 25.7 Å². The van der Waals surface area contributed by atoms with Crippen LogP contribution in [0.25, 0.3) is 0 Å². The second-order valence-electron chi connectivity index (χ2n) is 4.99. The summed E-state index contributed by atoms with van der Waals surface area (Å²) < 4.78 is 5.52. The average Bonchev–Trinajstić information content (AvgIpc) is 2.80. The molecule has 1 aromatic rings. The molecule has 1 heterocycles. The Hall–Kier alpha value is -1.35. The second kappa shape index (κ2) is 3.84. The number of carbonyl (C=O) groups is 1. The van der Waals surface area contributed by atoms with Crippen molar-refractivity contribution in [3.8, 4) is 5.75 Å². The second-order valence-corrected chi connectivity index (χ2v) is 4.99. The molecule has 3 heteroatoms. The van der Waals surface area contributed by atoms with E-state index in [2.05, 4.69) is 0 Å². The smallest absolute Gasteiger partial charge is 0.133 e. The minimum Gasteiger partial charge on any atom is -0.493 e. The van der Waals surface area contributed by atoms with Gasteiger partial charge in [0.25, 0.3) is 0 Å². The normalized spacial score (nSPS) is 22.1. The van der Waals surface area contributed by atoms with Gasteiger partial charge in [-0.2, -0.15) is 0 Å². The zero-order valence-electron chi connectivity index (χ0n) is 9.74. The summed E-state index contributed by atoms with van der Waals surface area (Å²) in [6.07, 6.45) is 2.98. The molecular formula is C14H16O3. The van der Waals surface area contributed by atoms with Gasteiger partial charge in [0.15, 0.2) is 0 Å². The summed E-state index contributed by atoms with van der Waals surface area (Å²) in [5.41, 5.74) is 1.27. The molecule has 1 aliphatic heterocycles. The quantitative estimate of drug-likeness (QED) is 0.805. The van der Waals surface area contributed by atoms with Crippen LogP contribution in [0.15, 0.2) is 18.2 Å². The highest BCUT2D eigenvalue weighted by Gasteiger charge is 2.34. The molecule has 1 fully saturated rings. The first-order chi connectivity index (χ1) is 8.17. The minimum atomic E-state index is -0.838. The van der Waals surface area contributed by atoms with Gasteiger partial charge in [-0.3, -0.25) is 4.79 Å². The monoisotopic (exact) mass is 232 g/mol. The standard InChI is InChI=1S/C14H16O3/c15-12-3-6-14(16,7-4-12)11-2-1-10-5-8-17-13(10)9-11/h1-2,9,16H,3-8H2. The minimum absolute atomic E-state index is 0.257. The highest BCUT2D eigenvalue weighted by atomic mass is 16.5. The Morgan fingerprint density at radius 1 is 1.18 bits per heavy atom. The lowest BCUT2D eigenvalue weighted by molar-refractivity contribution is -0.125. The molecule has 0 saturated heterocycles. The molecule has 17 heavy (non-hydrogen) atoms. The molecule has 90 valence electrons. The van der Waals surface area contributed by atoms with Crippen molar-refractivity contribution < 1.29 is 14.6 Å². The lowest BCUT2D eigenvalue weighted by atomic mass is 9.79. The number of rotatable bonds is 1. The van der Waals surface area contributed by atoms with Crippen molar-refractivity contribution in [3.05, 3.63) is 29.3 Å². The zero-order chi connectivity index (χ0) is 11.9. The van der Waals surface area contributed by atoms with Gasteiger partial charge in [-0.15, -0.1) is 0 Å². The number of hydrogen-bond acceptors (Lipinski definition) is 3. The summed E-state index contributed by atoms with van der Waals surface area (Å²) in [5, 5.41) is 10.6. The fourth-order valence-electron chi connectivity index (χ4n) is 2.69. The molecule has 0 unspecified atom stereocenters. The summed E-state index contributed by atoms with van der Waals surface area (Å²) in [4.78, 5) is 11.2. The molecule has 1 aliphatic carbocycles. The third kappa shape index (κ3) is 1.84. The van der Waals surface area contributed by atoms with Crippen molar-refractivity contribution in [1.82, 2.24) is 0 Å². The van der Waals surface area contributed by atoms with Crippen molar-refractivity contribution in [2.24, 2.45) is 0 Å². The maximum atomic E-state index is 11.2. The van der Waals surface area contributed by atoms with Crippen LogP contribution in [0.5, 0.6) is 5.75 Å². The van der Waals surface area contributed by atoms with Crippen LogP contribution < -0.4 is 4.74 Å².